The van der Waals surface area contributed by atoms with Crippen LogP contribution in [0.1, 0.15) is 31.1 Å². The normalized spacial score (nSPS) is 14.8. The second-order valence-electron chi connectivity index (χ2n) is 5.71. The zero-order valence-corrected chi connectivity index (χ0v) is 14.1. The molecule has 25 heavy (non-hydrogen) atoms. The third kappa shape index (κ3) is 4.34. The number of hydrogen-bond donors (Lipinski definition) is 0. The second-order valence-corrected chi connectivity index (χ2v) is 5.71. The summed E-state index contributed by atoms with van der Waals surface area (Å²) in [5, 5.41) is 0. The van der Waals surface area contributed by atoms with E-state index in [1.165, 1.54) is 39.0 Å². The van der Waals surface area contributed by atoms with E-state index >= 15 is 0 Å². The van der Waals surface area contributed by atoms with Gasteiger partial charge in [-0.1, -0.05) is 0 Å². The Balaban J connectivity index is 2.31. The number of esters is 3. The molecule has 134 valence electrons. The molecule has 0 aromatic heterocycles. The molecule has 0 fully saturated rings. The van der Waals surface area contributed by atoms with E-state index in [2.05, 4.69) is 0 Å². The Morgan fingerprint density at radius 3 is 2.16 bits per heavy atom. The Labute approximate surface area is 144 Å². The van der Waals surface area contributed by atoms with Gasteiger partial charge in [0, 0.05) is 26.8 Å². The van der Waals surface area contributed by atoms with Crippen LogP contribution in [0.4, 0.5) is 0 Å². The van der Waals surface area contributed by atoms with Gasteiger partial charge >= 0.3 is 17.9 Å². The molecule has 1 aromatic carbocycles. The number of carbonyl (C=O) groups is 4. The molecule has 2 rings (SSSR count). The molecule has 0 spiro atoms. The minimum atomic E-state index is -1.33. The summed E-state index contributed by atoms with van der Waals surface area (Å²) in [7, 11) is 0. The summed E-state index contributed by atoms with van der Waals surface area (Å²) in [4.78, 5) is 46.2. The average molecular weight is 350 g/mol. The van der Waals surface area contributed by atoms with E-state index in [1.807, 2.05) is 0 Å². The summed E-state index contributed by atoms with van der Waals surface area (Å²) in [5.41, 5.74) is -1.10. The van der Waals surface area contributed by atoms with Crippen LogP contribution < -0.4 is 9.47 Å². The topological polar surface area (TPSA) is 105 Å². The number of hydrogen-bond acceptors (Lipinski definition) is 8. The molecule has 1 heterocycles. The van der Waals surface area contributed by atoms with E-state index < -0.39 is 23.3 Å². The summed E-state index contributed by atoms with van der Waals surface area (Å²) in [6, 6.07) is 4.33. The van der Waals surface area contributed by atoms with Crippen LogP contribution in [0.15, 0.2) is 18.2 Å². The van der Waals surface area contributed by atoms with Crippen molar-refractivity contribution in [3.05, 3.63) is 23.8 Å². The van der Waals surface area contributed by atoms with Gasteiger partial charge in [-0.25, -0.2) is 0 Å². The van der Waals surface area contributed by atoms with E-state index in [9.17, 15) is 19.2 Å². The van der Waals surface area contributed by atoms with Crippen molar-refractivity contribution in [1.29, 1.82) is 0 Å². The molecule has 1 aromatic rings. The Hall–Kier alpha value is -2.90. The van der Waals surface area contributed by atoms with Crippen molar-refractivity contribution >= 4 is 23.7 Å². The van der Waals surface area contributed by atoms with Gasteiger partial charge in [-0.3, -0.25) is 19.2 Å². The monoisotopic (exact) mass is 350 g/mol. The standard InChI is InChI=1S/C17H18O8/c1-10(18)22-7-17(8-23-11(2)19)9-24-15-6-13(25-12(3)20)4-5-14(15)16(17)21/h4-6H,7-9H2,1-3H3. The molecule has 0 N–H and O–H groups in total. The van der Waals surface area contributed by atoms with Crippen LogP contribution in [0.3, 0.4) is 0 Å². The highest BCUT2D eigenvalue weighted by molar-refractivity contribution is 6.04. The number of carbonyl (C=O) groups excluding carboxylic acids is 4. The van der Waals surface area contributed by atoms with Crippen LogP contribution in [0.2, 0.25) is 0 Å². The molecule has 1 aliphatic rings. The molecule has 1 aliphatic heterocycles. The summed E-state index contributed by atoms with van der Waals surface area (Å²) < 4.78 is 20.5. The molecule has 0 saturated heterocycles. The Bertz CT molecular complexity index is 703. The van der Waals surface area contributed by atoms with Gasteiger partial charge in [0.2, 0.25) is 0 Å². The van der Waals surface area contributed by atoms with Crippen molar-refractivity contribution in [2.75, 3.05) is 19.8 Å². The van der Waals surface area contributed by atoms with Crippen molar-refractivity contribution < 1.29 is 38.1 Å². The quantitative estimate of drug-likeness (QED) is 0.578. The molecule has 0 bridgehead atoms. The van der Waals surface area contributed by atoms with Gasteiger partial charge in [0.15, 0.2) is 5.78 Å². The molecular formula is C17H18O8. The molecule has 0 aliphatic carbocycles. The fourth-order valence-corrected chi connectivity index (χ4v) is 2.34. The lowest BCUT2D eigenvalue weighted by atomic mass is 9.80. The first-order valence-electron chi connectivity index (χ1n) is 7.50. The zero-order valence-electron chi connectivity index (χ0n) is 14.1. The number of ketones is 1. The maximum absolute atomic E-state index is 12.9. The molecule has 0 unspecified atom stereocenters. The predicted molar refractivity (Wildman–Crippen MR) is 83.3 cm³/mol. The van der Waals surface area contributed by atoms with Gasteiger partial charge in [0.05, 0.1) is 5.56 Å². The number of benzene rings is 1. The maximum Gasteiger partial charge on any atom is 0.308 e. The number of ether oxygens (including phenoxy) is 4. The first-order valence-corrected chi connectivity index (χ1v) is 7.50. The highest BCUT2D eigenvalue weighted by atomic mass is 16.6. The zero-order chi connectivity index (χ0) is 18.6. The Kier molecular flexibility index (Phi) is 5.41. The highest BCUT2D eigenvalue weighted by Gasteiger charge is 2.46. The third-order valence-electron chi connectivity index (χ3n) is 3.55. The van der Waals surface area contributed by atoms with Crippen molar-refractivity contribution in [2.24, 2.45) is 5.41 Å². The van der Waals surface area contributed by atoms with Crippen LogP contribution in [0.5, 0.6) is 11.5 Å². The molecule has 0 saturated carbocycles. The van der Waals surface area contributed by atoms with E-state index in [4.69, 9.17) is 18.9 Å². The first kappa shape index (κ1) is 18.4. The fraction of sp³-hybridized carbons (Fsp3) is 0.412. The van der Waals surface area contributed by atoms with E-state index in [-0.39, 0.29) is 42.7 Å². The number of rotatable bonds is 5. The van der Waals surface area contributed by atoms with E-state index in [0.717, 1.165) is 0 Å². The minimum absolute atomic E-state index is 0.150. The van der Waals surface area contributed by atoms with E-state index in [0.29, 0.717) is 0 Å². The number of Topliss-reactive ketones (excluding diaryl/α,β-unsaturated/α-hetero) is 1. The molecule has 0 amide bonds. The van der Waals surface area contributed by atoms with Crippen LogP contribution >= 0.6 is 0 Å². The van der Waals surface area contributed by atoms with Crippen LogP contribution in [0, 0.1) is 5.41 Å². The highest BCUT2D eigenvalue weighted by Crippen LogP contribution is 2.37. The lowest BCUT2D eigenvalue weighted by Crippen LogP contribution is -2.48. The van der Waals surface area contributed by atoms with Crippen LogP contribution in [0.25, 0.3) is 0 Å². The molecular weight excluding hydrogens is 332 g/mol. The van der Waals surface area contributed by atoms with Crippen molar-refractivity contribution in [3.63, 3.8) is 0 Å². The summed E-state index contributed by atoms with van der Waals surface area (Å²) in [5.74, 6) is -1.53. The summed E-state index contributed by atoms with van der Waals surface area (Å²) in [6.07, 6.45) is 0. The van der Waals surface area contributed by atoms with Crippen LogP contribution in [-0.2, 0) is 23.9 Å². The molecule has 0 radical (unpaired) electrons. The second kappa shape index (κ2) is 7.33. The maximum atomic E-state index is 12.9. The third-order valence-corrected chi connectivity index (χ3v) is 3.55. The molecule has 8 nitrogen and oxygen atoms in total. The van der Waals surface area contributed by atoms with Gasteiger partial charge in [0.25, 0.3) is 0 Å². The Morgan fingerprint density at radius 2 is 1.64 bits per heavy atom. The largest absolute Gasteiger partial charge is 0.491 e. The van der Waals surface area contributed by atoms with E-state index in [1.54, 1.807) is 0 Å². The van der Waals surface area contributed by atoms with Crippen molar-refractivity contribution in [2.45, 2.75) is 20.8 Å². The van der Waals surface area contributed by atoms with Gasteiger partial charge in [-0.15, -0.1) is 0 Å². The number of fused-ring (bicyclic) bond motifs is 1. The summed E-state index contributed by atoms with van der Waals surface area (Å²) >= 11 is 0. The summed E-state index contributed by atoms with van der Waals surface area (Å²) in [6.45, 7) is 2.98. The molecule has 8 heteroatoms. The lowest BCUT2D eigenvalue weighted by Gasteiger charge is -2.35. The first-order chi connectivity index (χ1) is 11.7. The van der Waals surface area contributed by atoms with Crippen molar-refractivity contribution in [1.82, 2.24) is 0 Å². The van der Waals surface area contributed by atoms with Crippen LogP contribution in [-0.4, -0.2) is 43.5 Å². The van der Waals surface area contributed by atoms with Gasteiger partial charge in [0.1, 0.15) is 36.7 Å². The SMILES string of the molecule is CC(=O)OCC1(COC(C)=O)COc2cc(OC(C)=O)ccc2C1=O. The smallest absolute Gasteiger partial charge is 0.308 e. The fourth-order valence-electron chi connectivity index (χ4n) is 2.34. The predicted octanol–water partition coefficient (Wildman–Crippen LogP) is 1.30. The lowest BCUT2D eigenvalue weighted by molar-refractivity contribution is -0.150. The molecule has 0 atom stereocenters. The van der Waals surface area contributed by atoms with Gasteiger partial charge < -0.3 is 18.9 Å². The minimum Gasteiger partial charge on any atom is -0.491 e. The van der Waals surface area contributed by atoms with Crippen molar-refractivity contribution in [3.8, 4) is 11.5 Å². The Morgan fingerprint density at radius 1 is 1.04 bits per heavy atom. The average Bonchev–Trinajstić information content (AvgIpc) is 2.53. The van der Waals surface area contributed by atoms with Gasteiger partial charge in [-0.2, -0.15) is 0 Å². The van der Waals surface area contributed by atoms with Gasteiger partial charge in [-0.05, 0) is 12.1 Å².